The average molecular weight is 357 g/mol. The number of aromatic nitrogens is 3. The molecule has 0 unspecified atom stereocenters. The van der Waals surface area contributed by atoms with Gasteiger partial charge in [0.05, 0.1) is 11.6 Å². The number of para-hydroxylation sites is 1. The number of benzene rings is 1. The van der Waals surface area contributed by atoms with Crippen LogP contribution in [0, 0.1) is 5.92 Å². The molecule has 0 bridgehead atoms. The average Bonchev–Trinajstić information content (AvgIpc) is 3.11. The van der Waals surface area contributed by atoms with Crippen molar-refractivity contribution in [2.24, 2.45) is 5.92 Å². The number of nitrogens with one attached hydrogen (secondary N) is 2. The van der Waals surface area contributed by atoms with Crippen molar-refractivity contribution < 1.29 is 14.7 Å². The summed E-state index contributed by atoms with van der Waals surface area (Å²) in [7, 11) is 0. The highest BCUT2D eigenvalue weighted by Crippen LogP contribution is 2.27. The van der Waals surface area contributed by atoms with Crippen molar-refractivity contribution in [1.29, 1.82) is 0 Å². The standard InChI is InChI=1S/C18H23N5O3/c1-2-23-11-19-22-16(23)14-5-3-4-6-15(14)21-18(26)20-13-9-7-12(8-10-13)17(24)25/h3-6,11-13H,2,7-10H2,1H3,(H,24,25)(H2,20,21,26). The number of carbonyl (C=O) groups excluding carboxylic acids is 1. The Bertz CT molecular complexity index is 781. The molecule has 2 amide bonds. The highest BCUT2D eigenvalue weighted by atomic mass is 16.4. The molecule has 1 heterocycles. The van der Waals surface area contributed by atoms with Crippen LogP contribution < -0.4 is 10.6 Å². The second kappa shape index (κ2) is 7.99. The highest BCUT2D eigenvalue weighted by molar-refractivity contribution is 5.93. The second-order valence-corrected chi connectivity index (χ2v) is 6.47. The van der Waals surface area contributed by atoms with Gasteiger partial charge in [0.1, 0.15) is 6.33 Å². The molecule has 0 spiro atoms. The van der Waals surface area contributed by atoms with Gasteiger partial charge < -0.3 is 20.3 Å². The minimum Gasteiger partial charge on any atom is -0.481 e. The van der Waals surface area contributed by atoms with Gasteiger partial charge in [-0.3, -0.25) is 4.79 Å². The maximum absolute atomic E-state index is 12.4. The summed E-state index contributed by atoms with van der Waals surface area (Å²) in [6, 6.07) is 7.16. The van der Waals surface area contributed by atoms with Gasteiger partial charge in [0.15, 0.2) is 5.82 Å². The second-order valence-electron chi connectivity index (χ2n) is 6.47. The third kappa shape index (κ3) is 4.01. The van der Waals surface area contributed by atoms with Crippen molar-refractivity contribution in [2.75, 3.05) is 5.32 Å². The minimum absolute atomic E-state index is 0.00273. The molecular weight excluding hydrogens is 334 g/mol. The first kappa shape index (κ1) is 17.9. The molecule has 0 radical (unpaired) electrons. The number of rotatable bonds is 5. The molecular formula is C18H23N5O3. The van der Waals surface area contributed by atoms with Gasteiger partial charge in [0.25, 0.3) is 0 Å². The Morgan fingerprint density at radius 2 is 1.96 bits per heavy atom. The molecule has 1 saturated carbocycles. The van der Waals surface area contributed by atoms with Crippen molar-refractivity contribution >= 4 is 17.7 Å². The topological polar surface area (TPSA) is 109 Å². The van der Waals surface area contributed by atoms with Gasteiger partial charge in [-0.05, 0) is 44.7 Å². The molecule has 138 valence electrons. The molecule has 0 aliphatic heterocycles. The quantitative estimate of drug-likeness (QED) is 0.762. The van der Waals surface area contributed by atoms with E-state index >= 15 is 0 Å². The minimum atomic E-state index is -0.748. The number of urea groups is 1. The Hall–Kier alpha value is -2.90. The lowest BCUT2D eigenvalue weighted by Gasteiger charge is -2.27. The van der Waals surface area contributed by atoms with E-state index in [-0.39, 0.29) is 18.0 Å². The van der Waals surface area contributed by atoms with E-state index < -0.39 is 5.97 Å². The molecule has 3 rings (SSSR count). The van der Waals surface area contributed by atoms with Gasteiger partial charge in [-0.25, -0.2) is 4.79 Å². The van der Waals surface area contributed by atoms with Gasteiger partial charge in [0.2, 0.25) is 0 Å². The fourth-order valence-electron chi connectivity index (χ4n) is 3.31. The summed E-state index contributed by atoms with van der Waals surface area (Å²) < 4.78 is 1.91. The number of carbonyl (C=O) groups is 2. The van der Waals surface area contributed by atoms with E-state index in [1.165, 1.54) is 0 Å². The van der Waals surface area contributed by atoms with E-state index in [0.29, 0.717) is 37.2 Å². The summed E-state index contributed by atoms with van der Waals surface area (Å²) in [5.74, 6) is -0.343. The maximum atomic E-state index is 12.4. The number of hydrogen-bond acceptors (Lipinski definition) is 4. The van der Waals surface area contributed by atoms with E-state index in [1.807, 2.05) is 35.8 Å². The molecule has 3 N–H and O–H groups in total. The molecule has 1 aliphatic carbocycles. The number of nitrogens with zero attached hydrogens (tertiary/aromatic N) is 3. The fraction of sp³-hybridized carbons (Fsp3) is 0.444. The molecule has 1 fully saturated rings. The van der Waals surface area contributed by atoms with E-state index in [9.17, 15) is 9.59 Å². The predicted molar refractivity (Wildman–Crippen MR) is 96.7 cm³/mol. The Labute approximate surface area is 151 Å². The van der Waals surface area contributed by atoms with E-state index in [0.717, 1.165) is 12.1 Å². The largest absolute Gasteiger partial charge is 0.481 e. The summed E-state index contributed by atoms with van der Waals surface area (Å²) in [5, 5.41) is 23.0. The molecule has 1 aromatic carbocycles. The van der Waals surface area contributed by atoms with Gasteiger partial charge in [-0.2, -0.15) is 0 Å². The summed E-state index contributed by atoms with van der Waals surface area (Å²) in [6.07, 6.45) is 4.20. The first-order valence-corrected chi connectivity index (χ1v) is 8.86. The summed E-state index contributed by atoms with van der Waals surface area (Å²) in [4.78, 5) is 23.4. The van der Waals surface area contributed by atoms with Crippen LogP contribution in [0.4, 0.5) is 10.5 Å². The van der Waals surface area contributed by atoms with E-state index in [1.54, 1.807) is 6.33 Å². The third-order valence-corrected chi connectivity index (χ3v) is 4.78. The molecule has 8 heteroatoms. The monoisotopic (exact) mass is 357 g/mol. The van der Waals surface area contributed by atoms with Gasteiger partial charge in [-0.15, -0.1) is 10.2 Å². The first-order chi connectivity index (χ1) is 12.6. The van der Waals surface area contributed by atoms with Crippen LogP contribution in [0.25, 0.3) is 11.4 Å². The highest BCUT2D eigenvalue weighted by Gasteiger charge is 2.26. The first-order valence-electron chi connectivity index (χ1n) is 8.86. The van der Waals surface area contributed by atoms with Crippen LogP contribution in [-0.2, 0) is 11.3 Å². The maximum Gasteiger partial charge on any atom is 0.319 e. The van der Waals surface area contributed by atoms with Gasteiger partial charge >= 0.3 is 12.0 Å². The molecule has 1 aromatic heterocycles. The van der Waals surface area contributed by atoms with Crippen molar-refractivity contribution in [3.8, 4) is 11.4 Å². The molecule has 0 saturated heterocycles. The van der Waals surface area contributed by atoms with Crippen LogP contribution in [0.2, 0.25) is 0 Å². The predicted octanol–water partition coefficient (Wildman–Crippen LogP) is 2.73. The van der Waals surface area contributed by atoms with Crippen LogP contribution >= 0.6 is 0 Å². The number of anilines is 1. The van der Waals surface area contributed by atoms with Gasteiger partial charge in [-0.1, -0.05) is 12.1 Å². The Morgan fingerprint density at radius 3 is 2.65 bits per heavy atom. The number of carboxylic acids is 1. The lowest BCUT2D eigenvalue weighted by molar-refractivity contribution is -0.142. The number of aliphatic carboxylic acids is 1. The van der Waals surface area contributed by atoms with Crippen molar-refractivity contribution in [3.63, 3.8) is 0 Å². The zero-order valence-corrected chi connectivity index (χ0v) is 14.7. The Balaban J connectivity index is 1.65. The van der Waals surface area contributed by atoms with Crippen LogP contribution in [0.15, 0.2) is 30.6 Å². The number of hydrogen-bond donors (Lipinski definition) is 3. The van der Waals surface area contributed by atoms with E-state index in [2.05, 4.69) is 20.8 Å². The van der Waals surface area contributed by atoms with E-state index in [4.69, 9.17) is 5.11 Å². The third-order valence-electron chi connectivity index (χ3n) is 4.78. The van der Waals surface area contributed by atoms with Crippen LogP contribution in [0.5, 0.6) is 0 Å². The summed E-state index contributed by atoms with van der Waals surface area (Å²) in [5.41, 5.74) is 1.46. The summed E-state index contributed by atoms with van der Waals surface area (Å²) in [6.45, 7) is 2.73. The zero-order valence-electron chi connectivity index (χ0n) is 14.7. The van der Waals surface area contributed by atoms with Crippen molar-refractivity contribution in [1.82, 2.24) is 20.1 Å². The van der Waals surface area contributed by atoms with Crippen LogP contribution in [0.3, 0.4) is 0 Å². The smallest absolute Gasteiger partial charge is 0.319 e. The molecule has 26 heavy (non-hydrogen) atoms. The number of amides is 2. The molecule has 1 aliphatic rings. The molecule has 2 aromatic rings. The zero-order chi connectivity index (χ0) is 18.5. The number of aryl methyl sites for hydroxylation is 1. The SMILES string of the molecule is CCn1cnnc1-c1ccccc1NC(=O)NC1CCC(C(=O)O)CC1. The summed E-state index contributed by atoms with van der Waals surface area (Å²) >= 11 is 0. The van der Waals surface area contributed by atoms with Crippen LogP contribution in [-0.4, -0.2) is 37.9 Å². The Morgan fingerprint density at radius 1 is 1.23 bits per heavy atom. The molecule has 8 nitrogen and oxygen atoms in total. The lowest BCUT2D eigenvalue weighted by Crippen LogP contribution is -2.41. The van der Waals surface area contributed by atoms with Crippen molar-refractivity contribution in [3.05, 3.63) is 30.6 Å². The number of carboxylic acid groups (broad SMARTS) is 1. The van der Waals surface area contributed by atoms with Crippen molar-refractivity contribution in [2.45, 2.75) is 45.2 Å². The lowest BCUT2D eigenvalue weighted by atomic mass is 9.86. The van der Waals surface area contributed by atoms with Gasteiger partial charge in [0, 0.05) is 18.2 Å². The Kier molecular flexibility index (Phi) is 5.50. The fourth-order valence-corrected chi connectivity index (χ4v) is 3.31. The normalized spacial score (nSPS) is 19.7. The van der Waals surface area contributed by atoms with Crippen LogP contribution in [0.1, 0.15) is 32.6 Å². The molecule has 0 atom stereocenters.